The minimum absolute atomic E-state index is 0.129. The lowest BCUT2D eigenvalue weighted by atomic mass is 10.1. The average molecular weight is 290 g/mol. The number of ether oxygens (including phenoxy) is 2. The summed E-state index contributed by atoms with van der Waals surface area (Å²) in [5.41, 5.74) is 0.524. The molecular formula is C14H14F4O2. The van der Waals surface area contributed by atoms with Gasteiger partial charge in [-0.2, -0.15) is 13.2 Å². The molecule has 0 aromatic heterocycles. The third-order valence-corrected chi connectivity index (χ3v) is 2.81. The maximum atomic E-state index is 13.3. The monoisotopic (exact) mass is 290 g/mol. The summed E-state index contributed by atoms with van der Waals surface area (Å²) < 4.78 is 60.4. The van der Waals surface area contributed by atoms with Crippen LogP contribution in [-0.2, 0) is 9.47 Å². The van der Waals surface area contributed by atoms with Gasteiger partial charge in [-0.15, -0.1) is 0 Å². The van der Waals surface area contributed by atoms with Crippen molar-refractivity contribution in [2.45, 2.75) is 19.4 Å². The normalized spacial score (nSPS) is 24.8. The Morgan fingerprint density at radius 2 is 1.70 bits per heavy atom. The number of benzene rings is 1. The van der Waals surface area contributed by atoms with Crippen molar-refractivity contribution in [2.24, 2.45) is 5.92 Å². The lowest BCUT2D eigenvalue weighted by Gasteiger charge is -2.27. The van der Waals surface area contributed by atoms with Crippen molar-refractivity contribution in [3.63, 3.8) is 0 Å². The van der Waals surface area contributed by atoms with E-state index in [0.717, 1.165) is 0 Å². The second kappa shape index (κ2) is 5.93. The van der Waals surface area contributed by atoms with E-state index in [4.69, 9.17) is 9.47 Å². The van der Waals surface area contributed by atoms with Crippen LogP contribution in [0.5, 0.6) is 0 Å². The van der Waals surface area contributed by atoms with Crippen LogP contribution in [0, 0.1) is 5.92 Å². The zero-order valence-electron chi connectivity index (χ0n) is 10.8. The maximum absolute atomic E-state index is 13.3. The third-order valence-electron chi connectivity index (χ3n) is 2.81. The predicted molar refractivity (Wildman–Crippen MR) is 65.4 cm³/mol. The summed E-state index contributed by atoms with van der Waals surface area (Å²) >= 11 is 0. The van der Waals surface area contributed by atoms with Gasteiger partial charge in [0.15, 0.2) is 6.29 Å². The first-order valence-corrected chi connectivity index (χ1v) is 6.14. The molecule has 6 heteroatoms. The summed E-state index contributed by atoms with van der Waals surface area (Å²) in [6.45, 7) is 3.08. The molecule has 0 N–H and O–H groups in total. The van der Waals surface area contributed by atoms with Crippen LogP contribution in [0.15, 0.2) is 30.3 Å². The van der Waals surface area contributed by atoms with Gasteiger partial charge in [0.05, 0.1) is 19.3 Å². The molecule has 1 fully saturated rings. The van der Waals surface area contributed by atoms with Crippen LogP contribution in [0.25, 0.3) is 5.83 Å². The Kier molecular flexibility index (Phi) is 4.45. The molecule has 110 valence electrons. The first-order valence-electron chi connectivity index (χ1n) is 6.14. The molecule has 1 aromatic rings. The highest BCUT2D eigenvalue weighted by molar-refractivity contribution is 5.59. The zero-order chi connectivity index (χ0) is 14.8. The Morgan fingerprint density at radius 1 is 1.15 bits per heavy atom. The fourth-order valence-corrected chi connectivity index (χ4v) is 1.82. The second-order valence-corrected chi connectivity index (χ2v) is 4.76. The zero-order valence-corrected chi connectivity index (χ0v) is 10.8. The van der Waals surface area contributed by atoms with Crippen LogP contribution in [0.2, 0.25) is 0 Å². The van der Waals surface area contributed by atoms with Gasteiger partial charge in [-0.05, 0) is 0 Å². The van der Waals surface area contributed by atoms with E-state index >= 15 is 0 Å². The second-order valence-electron chi connectivity index (χ2n) is 4.76. The van der Waals surface area contributed by atoms with Gasteiger partial charge in [0, 0.05) is 17.0 Å². The molecule has 0 bridgehead atoms. The van der Waals surface area contributed by atoms with Crippen LogP contribution >= 0.6 is 0 Å². The first-order chi connectivity index (χ1) is 9.35. The number of hydrogen-bond acceptors (Lipinski definition) is 2. The van der Waals surface area contributed by atoms with Crippen LogP contribution in [0.4, 0.5) is 17.6 Å². The predicted octanol–water partition coefficient (Wildman–Crippen LogP) is 4.24. The topological polar surface area (TPSA) is 18.5 Å². The largest absolute Gasteiger partial charge is 0.412 e. The Morgan fingerprint density at radius 3 is 2.20 bits per heavy atom. The molecule has 1 aromatic carbocycles. The van der Waals surface area contributed by atoms with Crippen LogP contribution in [0.3, 0.4) is 0 Å². The molecule has 0 aliphatic carbocycles. The molecule has 2 rings (SSSR count). The van der Waals surface area contributed by atoms with E-state index in [2.05, 4.69) is 0 Å². The third kappa shape index (κ3) is 4.05. The maximum Gasteiger partial charge on any atom is 0.412 e. The van der Waals surface area contributed by atoms with Crippen LogP contribution in [-0.4, -0.2) is 19.4 Å². The van der Waals surface area contributed by atoms with Crippen LogP contribution in [0.1, 0.15) is 24.3 Å². The summed E-state index contributed by atoms with van der Waals surface area (Å²) in [6.07, 6.45) is -5.58. The number of alkyl halides is 3. The lowest BCUT2D eigenvalue weighted by molar-refractivity contribution is -0.202. The average Bonchev–Trinajstić information content (AvgIpc) is 2.38. The minimum atomic E-state index is -4.67. The molecule has 0 unspecified atom stereocenters. The lowest BCUT2D eigenvalue weighted by Crippen LogP contribution is -2.24. The summed E-state index contributed by atoms with van der Waals surface area (Å²) in [7, 11) is 0. The fraction of sp³-hybridized carbons (Fsp3) is 0.429. The minimum Gasteiger partial charge on any atom is -0.348 e. The van der Waals surface area contributed by atoms with E-state index in [9.17, 15) is 17.6 Å². The summed E-state index contributed by atoms with van der Waals surface area (Å²) in [5, 5.41) is 0. The Labute approximate surface area is 114 Å². The molecule has 0 amide bonds. The van der Waals surface area contributed by atoms with Gasteiger partial charge < -0.3 is 9.47 Å². The van der Waals surface area contributed by atoms with Crippen molar-refractivity contribution < 1.29 is 27.0 Å². The molecule has 2 nitrogen and oxygen atoms in total. The molecule has 1 heterocycles. The Bertz CT molecular complexity index is 471. The standard InChI is InChI=1S/C14H14F4O2/c1-9-7-19-13(20-8-9)11-4-2-10(3-5-11)12(15)6-14(16,17)18/h2-6,9,13H,7-8H2,1H3/b12-6-. The molecule has 20 heavy (non-hydrogen) atoms. The van der Waals surface area contributed by atoms with E-state index in [1.54, 1.807) is 0 Å². The highest BCUT2D eigenvalue weighted by Crippen LogP contribution is 2.28. The smallest absolute Gasteiger partial charge is 0.348 e. The molecule has 1 aliphatic rings. The summed E-state index contributed by atoms with van der Waals surface area (Å²) in [4.78, 5) is 0. The van der Waals surface area contributed by atoms with Gasteiger partial charge >= 0.3 is 6.18 Å². The quantitative estimate of drug-likeness (QED) is 0.758. The fourth-order valence-electron chi connectivity index (χ4n) is 1.82. The molecule has 0 atom stereocenters. The van der Waals surface area contributed by atoms with Gasteiger partial charge in [0.2, 0.25) is 0 Å². The van der Waals surface area contributed by atoms with E-state index in [0.29, 0.717) is 24.7 Å². The van der Waals surface area contributed by atoms with Crippen molar-refractivity contribution >= 4 is 5.83 Å². The van der Waals surface area contributed by atoms with Gasteiger partial charge in [0.1, 0.15) is 5.83 Å². The number of allylic oxidation sites excluding steroid dienone is 1. The molecule has 0 spiro atoms. The first kappa shape index (κ1) is 15.0. The van der Waals surface area contributed by atoms with Gasteiger partial charge in [-0.1, -0.05) is 31.2 Å². The van der Waals surface area contributed by atoms with Gasteiger partial charge in [-0.3, -0.25) is 0 Å². The number of rotatable bonds is 2. The van der Waals surface area contributed by atoms with Crippen molar-refractivity contribution in [2.75, 3.05) is 13.2 Å². The summed E-state index contributed by atoms with van der Waals surface area (Å²) in [5.74, 6) is -1.01. The van der Waals surface area contributed by atoms with Gasteiger partial charge in [-0.25, -0.2) is 4.39 Å². The van der Waals surface area contributed by atoms with Gasteiger partial charge in [0.25, 0.3) is 0 Å². The molecule has 1 aliphatic heterocycles. The van der Waals surface area contributed by atoms with Crippen molar-refractivity contribution in [1.29, 1.82) is 0 Å². The Hall–Kier alpha value is -1.40. The summed E-state index contributed by atoms with van der Waals surface area (Å²) in [6, 6.07) is 5.55. The van der Waals surface area contributed by atoms with E-state index in [1.807, 2.05) is 6.92 Å². The highest BCUT2D eigenvalue weighted by atomic mass is 19.4. The SMILES string of the molecule is CC1COC(c2ccc(/C(F)=C/C(F)(F)F)cc2)OC1. The van der Waals surface area contributed by atoms with Crippen molar-refractivity contribution in [3.05, 3.63) is 41.5 Å². The highest BCUT2D eigenvalue weighted by Gasteiger charge is 2.25. The Balaban J connectivity index is 2.08. The molecule has 1 saturated heterocycles. The van der Waals surface area contributed by atoms with E-state index in [1.165, 1.54) is 24.3 Å². The molecule has 0 saturated carbocycles. The van der Waals surface area contributed by atoms with E-state index < -0.39 is 18.3 Å². The van der Waals surface area contributed by atoms with E-state index in [-0.39, 0.29) is 11.6 Å². The number of hydrogen-bond donors (Lipinski definition) is 0. The molecule has 0 radical (unpaired) electrons. The number of halogens is 4. The van der Waals surface area contributed by atoms with Crippen molar-refractivity contribution in [1.82, 2.24) is 0 Å². The van der Waals surface area contributed by atoms with Crippen LogP contribution < -0.4 is 0 Å². The molecular weight excluding hydrogens is 276 g/mol. The van der Waals surface area contributed by atoms with Crippen molar-refractivity contribution in [3.8, 4) is 0 Å².